The predicted octanol–water partition coefficient (Wildman–Crippen LogP) is 3.11. The molecule has 1 aromatic carbocycles. The molecule has 0 aromatic heterocycles. The highest BCUT2D eigenvalue weighted by Gasteiger charge is 2.34. The number of hydrogen-bond donors (Lipinski definition) is 1. The molecule has 1 fully saturated rings. The van der Waals surface area contributed by atoms with Crippen LogP contribution in [0.4, 0.5) is 0 Å². The van der Waals surface area contributed by atoms with Crippen molar-refractivity contribution in [3.05, 3.63) is 35.4 Å². The normalized spacial score (nSPS) is 20.8. The summed E-state index contributed by atoms with van der Waals surface area (Å²) in [5, 5.41) is 11.7. The van der Waals surface area contributed by atoms with Gasteiger partial charge in [0.2, 0.25) is 0 Å². The van der Waals surface area contributed by atoms with Crippen LogP contribution in [0.25, 0.3) is 0 Å². The van der Waals surface area contributed by atoms with Crippen LogP contribution in [0.3, 0.4) is 0 Å². The van der Waals surface area contributed by atoms with Crippen molar-refractivity contribution in [2.75, 3.05) is 6.54 Å². The zero-order chi connectivity index (χ0) is 13.9. The molecule has 1 unspecified atom stereocenters. The molecular formula is C16H20N2O. The molecule has 0 spiro atoms. The first-order valence-electron chi connectivity index (χ1n) is 6.81. The highest BCUT2D eigenvalue weighted by molar-refractivity contribution is 5.94. The van der Waals surface area contributed by atoms with Crippen molar-refractivity contribution in [1.29, 1.82) is 5.26 Å². The van der Waals surface area contributed by atoms with Crippen LogP contribution < -0.4 is 5.32 Å². The van der Waals surface area contributed by atoms with Gasteiger partial charge in [0.15, 0.2) is 0 Å². The van der Waals surface area contributed by atoms with Crippen molar-refractivity contribution in [3.8, 4) is 6.07 Å². The molecule has 19 heavy (non-hydrogen) atoms. The highest BCUT2D eigenvalue weighted by atomic mass is 16.1. The summed E-state index contributed by atoms with van der Waals surface area (Å²) in [4.78, 5) is 12.0. The van der Waals surface area contributed by atoms with Gasteiger partial charge in [0, 0.05) is 12.1 Å². The summed E-state index contributed by atoms with van der Waals surface area (Å²) in [6.07, 6.45) is 3.69. The average molecular weight is 256 g/mol. The topological polar surface area (TPSA) is 52.9 Å². The quantitative estimate of drug-likeness (QED) is 0.903. The van der Waals surface area contributed by atoms with E-state index in [1.54, 1.807) is 24.3 Å². The Hall–Kier alpha value is -1.82. The van der Waals surface area contributed by atoms with Crippen LogP contribution in [0.5, 0.6) is 0 Å². The Bertz CT molecular complexity index is 496. The maximum atomic E-state index is 12.0. The van der Waals surface area contributed by atoms with Gasteiger partial charge in [0.05, 0.1) is 11.6 Å². The summed E-state index contributed by atoms with van der Waals surface area (Å²) in [5.41, 5.74) is 1.53. The standard InChI is InChI=1S/C16H20N2O/c1-16(2)9-3-4-14(16)11-18-15(19)13-7-5-12(10-17)6-8-13/h5-8,14H,3-4,9,11H2,1-2H3,(H,18,19). The highest BCUT2D eigenvalue weighted by Crippen LogP contribution is 2.41. The minimum absolute atomic E-state index is 0.0489. The summed E-state index contributed by atoms with van der Waals surface area (Å²) in [7, 11) is 0. The zero-order valence-corrected chi connectivity index (χ0v) is 11.6. The van der Waals surface area contributed by atoms with Gasteiger partial charge < -0.3 is 5.32 Å². The molecule has 2 rings (SSSR count). The van der Waals surface area contributed by atoms with Crippen LogP contribution in [-0.2, 0) is 0 Å². The van der Waals surface area contributed by atoms with E-state index in [2.05, 4.69) is 19.2 Å². The van der Waals surface area contributed by atoms with Gasteiger partial charge >= 0.3 is 0 Å². The molecule has 0 radical (unpaired) electrons. The lowest BCUT2D eigenvalue weighted by molar-refractivity contribution is 0.0937. The first-order chi connectivity index (χ1) is 9.03. The second-order valence-electron chi connectivity index (χ2n) is 5.98. The summed E-state index contributed by atoms with van der Waals surface area (Å²) >= 11 is 0. The van der Waals surface area contributed by atoms with Crippen LogP contribution >= 0.6 is 0 Å². The zero-order valence-electron chi connectivity index (χ0n) is 11.6. The maximum Gasteiger partial charge on any atom is 0.251 e. The van der Waals surface area contributed by atoms with E-state index in [9.17, 15) is 4.79 Å². The minimum atomic E-state index is -0.0489. The van der Waals surface area contributed by atoms with E-state index in [1.165, 1.54) is 19.3 Å². The van der Waals surface area contributed by atoms with Crippen molar-refractivity contribution in [2.45, 2.75) is 33.1 Å². The predicted molar refractivity (Wildman–Crippen MR) is 74.6 cm³/mol. The Balaban J connectivity index is 1.92. The Labute approximate surface area is 114 Å². The van der Waals surface area contributed by atoms with E-state index in [4.69, 9.17) is 5.26 Å². The van der Waals surface area contributed by atoms with Crippen LogP contribution in [0.15, 0.2) is 24.3 Å². The molecule has 0 saturated heterocycles. The molecule has 1 atom stereocenters. The molecular weight excluding hydrogens is 236 g/mol. The fraction of sp³-hybridized carbons (Fsp3) is 0.500. The summed E-state index contributed by atoms with van der Waals surface area (Å²) in [5.74, 6) is 0.516. The van der Waals surface area contributed by atoms with Gasteiger partial charge in [-0.3, -0.25) is 4.79 Å². The van der Waals surface area contributed by atoms with E-state index in [0.717, 1.165) is 6.54 Å². The Morgan fingerprint density at radius 1 is 1.42 bits per heavy atom. The van der Waals surface area contributed by atoms with Gasteiger partial charge in [-0.1, -0.05) is 20.3 Å². The summed E-state index contributed by atoms with van der Waals surface area (Å²) in [6.45, 7) is 5.29. The molecule has 3 heteroatoms. The number of rotatable bonds is 3. The third-order valence-corrected chi connectivity index (χ3v) is 4.26. The number of nitrogens with one attached hydrogen (secondary N) is 1. The number of nitriles is 1. The van der Waals surface area contributed by atoms with Gasteiger partial charge in [0.25, 0.3) is 5.91 Å². The number of hydrogen-bond acceptors (Lipinski definition) is 2. The van der Waals surface area contributed by atoms with Gasteiger partial charge in [-0.15, -0.1) is 0 Å². The van der Waals surface area contributed by atoms with Crippen molar-refractivity contribution in [2.24, 2.45) is 11.3 Å². The van der Waals surface area contributed by atoms with E-state index in [0.29, 0.717) is 22.5 Å². The van der Waals surface area contributed by atoms with Crippen LogP contribution in [0.1, 0.15) is 49.0 Å². The molecule has 1 aromatic rings. The molecule has 1 amide bonds. The van der Waals surface area contributed by atoms with Crippen molar-refractivity contribution in [3.63, 3.8) is 0 Å². The van der Waals surface area contributed by atoms with E-state index in [-0.39, 0.29) is 5.91 Å². The molecule has 1 saturated carbocycles. The minimum Gasteiger partial charge on any atom is -0.352 e. The number of benzene rings is 1. The fourth-order valence-corrected chi connectivity index (χ4v) is 2.79. The molecule has 100 valence electrons. The molecule has 1 aliphatic carbocycles. The Morgan fingerprint density at radius 3 is 2.63 bits per heavy atom. The van der Waals surface area contributed by atoms with Gasteiger partial charge in [0.1, 0.15) is 0 Å². The molecule has 0 heterocycles. The van der Waals surface area contributed by atoms with Gasteiger partial charge in [-0.05, 0) is 48.4 Å². The molecule has 3 nitrogen and oxygen atoms in total. The summed E-state index contributed by atoms with van der Waals surface area (Å²) in [6, 6.07) is 8.80. The van der Waals surface area contributed by atoms with Crippen molar-refractivity contribution < 1.29 is 4.79 Å². The molecule has 0 aliphatic heterocycles. The lowest BCUT2D eigenvalue weighted by Crippen LogP contribution is -2.33. The Morgan fingerprint density at radius 2 is 2.11 bits per heavy atom. The molecule has 1 N–H and O–H groups in total. The van der Waals surface area contributed by atoms with E-state index >= 15 is 0 Å². The smallest absolute Gasteiger partial charge is 0.251 e. The van der Waals surface area contributed by atoms with Crippen LogP contribution in [0.2, 0.25) is 0 Å². The number of amides is 1. The summed E-state index contributed by atoms with van der Waals surface area (Å²) < 4.78 is 0. The van der Waals surface area contributed by atoms with Crippen LogP contribution in [0, 0.1) is 22.7 Å². The van der Waals surface area contributed by atoms with E-state index < -0.39 is 0 Å². The second-order valence-corrected chi connectivity index (χ2v) is 5.98. The molecule has 1 aliphatic rings. The third kappa shape index (κ3) is 3.14. The first kappa shape index (κ1) is 13.6. The SMILES string of the molecule is CC1(C)CCCC1CNC(=O)c1ccc(C#N)cc1. The number of nitrogens with zero attached hydrogens (tertiary/aromatic N) is 1. The van der Waals surface area contributed by atoms with Crippen molar-refractivity contribution in [1.82, 2.24) is 5.32 Å². The number of carbonyl (C=O) groups excluding carboxylic acids is 1. The maximum absolute atomic E-state index is 12.0. The lowest BCUT2D eigenvalue weighted by Gasteiger charge is -2.27. The Kier molecular flexibility index (Phi) is 3.90. The van der Waals surface area contributed by atoms with Gasteiger partial charge in [-0.2, -0.15) is 5.26 Å². The number of carbonyl (C=O) groups is 1. The van der Waals surface area contributed by atoms with Crippen molar-refractivity contribution >= 4 is 5.91 Å². The third-order valence-electron chi connectivity index (χ3n) is 4.26. The lowest BCUT2D eigenvalue weighted by atomic mass is 9.82. The largest absolute Gasteiger partial charge is 0.352 e. The molecule has 0 bridgehead atoms. The second kappa shape index (κ2) is 5.44. The van der Waals surface area contributed by atoms with Gasteiger partial charge in [-0.25, -0.2) is 0 Å². The fourth-order valence-electron chi connectivity index (χ4n) is 2.79. The van der Waals surface area contributed by atoms with E-state index in [1.807, 2.05) is 6.07 Å². The van der Waals surface area contributed by atoms with Crippen LogP contribution in [-0.4, -0.2) is 12.5 Å². The first-order valence-corrected chi connectivity index (χ1v) is 6.81. The average Bonchev–Trinajstić information content (AvgIpc) is 2.75. The monoisotopic (exact) mass is 256 g/mol.